The summed E-state index contributed by atoms with van der Waals surface area (Å²) in [5.41, 5.74) is 0.657. The van der Waals surface area contributed by atoms with Crippen molar-refractivity contribution in [2.75, 3.05) is 0 Å². The molecule has 0 saturated carbocycles. The van der Waals surface area contributed by atoms with E-state index in [0.29, 0.717) is 11.8 Å². The highest BCUT2D eigenvalue weighted by Crippen LogP contribution is 2.11. The summed E-state index contributed by atoms with van der Waals surface area (Å²) in [5, 5.41) is 0.795. The lowest BCUT2D eigenvalue weighted by atomic mass is 10.2. The van der Waals surface area contributed by atoms with Gasteiger partial charge in [-0.25, -0.2) is 0 Å². The van der Waals surface area contributed by atoms with E-state index in [4.69, 9.17) is 0 Å². The summed E-state index contributed by atoms with van der Waals surface area (Å²) in [4.78, 5) is 37.3. The Morgan fingerprint density at radius 1 is 1.35 bits per heavy atom. The summed E-state index contributed by atoms with van der Waals surface area (Å²) in [6.45, 7) is 0. The molecule has 86 valence electrons. The molecule has 0 spiro atoms. The number of carbonyl (C=O) groups excluding carboxylic acids is 3. The second-order valence-corrected chi connectivity index (χ2v) is 3.58. The molecule has 0 aliphatic heterocycles. The molecule has 0 fully saturated rings. The average molecular weight is 230 g/mol. The fourth-order valence-corrected chi connectivity index (χ4v) is 1.52. The van der Waals surface area contributed by atoms with E-state index < -0.39 is 11.7 Å². The Balaban J connectivity index is 2.24. The van der Waals surface area contributed by atoms with E-state index in [1.165, 1.54) is 10.8 Å². The molecule has 0 radical (unpaired) electrons. The minimum atomic E-state index is -0.634. The number of carbonyl (C=O) groups is 3. The number of pyridine rings is 1. The van der Waals surface area contributed by atoms with Crippen LogP contribution in [0.25, 0.3) is 10.9 Å². The van der Waals surface area contributed by atoms with Gasteiger partial charge in [0.1, 0.15) is 6.29 Å². The fraction of sp³-hybridized carbons (Fsp3) is 0.167. The Morgan fingerprint density at radius 3 is 2.88 bits per heavy atom. The molecule has 17 heavy (non-hydrogen) atoms. The normalized spacial score (nSPS) is 10.4. The van der Waals surface area contributed by atoms with Crippen LogP contribution in [0.5, 0.6) is 0 Å². The maximum absolute atomic E-state index is 11.7. The Labute approximate surface area is 97.1 Å². The zero-order valence-electron chi connectivity index (χ0n) is 9.00. The highest BCUT2D eigenvalue weighted by molar-refractivity contribution is 6.37. The number of hydrogen-bond acceptors (Lipinski definition) is 4. The van der Waals surface area contributed by atoms with Crippen molar-refractivity contribution in [1.82, 2.24) is 9.55 Å². The lowest BCUT2D eigenvalue weighted by Gasteiger charge is -1.97. The summed E-state index contributed by atoms with van der Waals surface area (Å²) in [6, 6.07) is 3.56. The first kappa shape index (κ1) is 11.2. The van der Waals surface area contributed by atoms with Crippen molar-refractivity contribution in [3.63, 3.8) is 0 Å². The molecule has 0 N–H and O–H groups in total. The zero-order chi connectivity index (χ0) is 12.3. The third-order valence-corrected chi connectivity index (χ3v) is 2.37. The summed E-state index contributed by atoms with van der Waals surface area (Å²) in [7, 11) is 0. The number of ketones is 1. The van der Waals surface area contributed by atoms with Crippen LogP contribution in [0, 0.1) is 0 Å². The quantitative estimate of drug-likeness (QED) is 0.585. The summed E-state index contributed by atoms with van der Waals surface area (Å²) < 4.78 is 1.21. The van der Waals surface area contributed by atoms with E-state index in [9.17, 15) is 14.4 Å². The maximum Gasteiger partial charge on any atom is 0.298 e. The van der Waals surface area contributed by atoms with Gasteiger partial charge in [0, 0.05) is 36.8 Å². The van der Waals surface area contributed by atoms with Crippen LogP contribution in [0.2, 0.25) is 0 Å². The predicted octanol–water partition coefficient (Wildman–Crippen LogP) is 1.22. The first-order valence-corrected chi connectivity index (χ1v) is 5.16. The van der Waals surface area contributed by atoms with Gasteiger partial charge in [-0.1, -0.05) is 0 Å². The first-order valence-electron chi connectivity index (χ1n) is 5.16. The minimum Gasteiger partial charge on any atom is -0.303 e. The number of rotatable bonds is 4. The number of hydrogen-bond donors (Lipinski definition) is 0. The summed E-state index contributed by atoms with van der Waals surface area (Å²) in [6.07, 6.45) is 5.33. The van der Waals surface area contributed by atoms with E-state index in [1.807, 2.05) is 6.07 Å². The van der Waals surface area contributed by atoms with E-state index in [1.54, 1.807) is 18.5 Å². The van der Waals surface area contributed by atoms with Crippen molar-refractivity contribution in [2.45, 2.75) is 12.8 Å². The highest BCUT2D eigenvalue weighted by atomic mass is 16.2. The molecule has 0 aliphatic rings. The van der Waals surface area contributed by atoms with Crippen LogP contribution in [0.1, 0.15) is 17.6 Å². The molecule has 0 atom stereocenters. The Morgan fingerprint density at radius 2 is 2.18 bits per heavy atom. The third kappa shape index (κ3) is 2.28. The topological polar surface area (TPSA) is 69.0 Å². The Hall–Kier alpha value is -2.30. The number of Topliss-reactive ketones (excluding diaryl/α,β-unsaturated/α-hetero) is 1. The molecule has 2 rings (SSSR count). The number of aromatic nitrogens is 2. The number of aldehydes is 1. The molecule has 0 aliphatic carbocycles. The van der Waals surface area contributed by atoms with Gasteiger partial charge in [-0.2, -0.15) is 0 Å². The van der Waals surface area contributed by atoms with Crippen LogP contribution in [0.3, 0.4) is 0 Å². The number of nitrogens with zero attached hydrogens (tertiary/aromatic N) is 2. The van der Waals surface area contributed by atoms with Crippen molar-refractivity contribution in [3.8, 4) is 0 Å². The van der Waals surface area contributed by atoms with Crippen molar-refractivity contribution in [1.29, 1.82) is 0 Å². The fourth-order valence-electron chi connectivity index (χ4n) is 1.52. The molecule has 2 aromatic heterocycles. The molecule has 0 amide bonds. The van der Waals surface area contributed by atoms with Gasteiger partial charge < -0.3 is 4.79 Å². The van der Waals surface area contributed by atoms with Crippen LogP contribution < -0.4 is 0 Å². The largest absolute Gasteiger partial charge is 0.303 e. The average Bonchev–Trinajstić information content (AvgIpc) is 2.78. The van der Waals surface area contributed by atoms with Crippen molar-refractivity contribution in [2.24, 2.45) is 0 Å². The van der Waals surface area contributed by atoms with Gasteiger partial charge in [-0.15, -0.1) is 0 Å². The van der Waals surface area contributed by atoms with E-state index in [-0.39, 0.29) is 12.8 Å². The molecule has 0 bridgehead atoms. The van der Waals surface area contributed by atoms with Gasteiger partial charge in [-0.05, 0) is 12.1 Å². The Bertz CT molecular complexity index is 553. The summed E-state index contributed by atoms with van der Waals surface area (Å²) in [5.74, 6) is -1.21. The van der Waals surface area contributed by atoms with Crippen LogP contribution in [0.4, 0.5) is 0 Å². The monoisotopic (exact) mass is 230 g/mol. The van der Waals surface area contributed by atoms with Crippen LogP contribution >= 0.6 is 0 Å². The Kier molecular flexibility index (Phi) is 3.09. The standard InChI is InChI=1S/C12H10N2O3/c15-6-2-4-11(16)12(17)14-7-9-3-1-5-13-10(9)8-14/h1,3,5-8H,2,4H2. The van der Waals surface area contributed by atoms with Gasteiger partial charge in [0.15, 0.2) is 0 Å². The van der Waals surface area contributed by atoms with Crippen molar-refractivity contribution in [3.05, 3.63) is 30.7 Å². The van der Waals surface area contributed by atoms with E-state index in [2.05, 4.69) is 4.98 Å². The van der Waals surface area contributed by atoms with Gasteiger partial charge in [0.2, 0.25) is 5.78 Å². The molecule has 2 aromatic rings. The molecule has 0 saturated heterocycles. The second-order valence-electron chi connectivity index (χ2n) is 3.58. The molecule has 0 unspecified atom stereocenters. The molecule has 2 heterocycles. The van der Waals surface area contributed by atoms with Gasteiger partial charge in [-0.3, -0.25) is 19.1 Å². The van der Waals surface area contributed by atoms with E-state index in [0.717, 1.165) is 5.39 Å². The molecular weight excluding hydrogens is 220 g/mol. The molecule has 0 aromatic carbocycles. The third-order valence-electron chi connectivity index (χ3n) is 2.37. The van der Waals surface area contributed by atoms with Gasteiger partial charge >= 0.3 is 0 Å². The highest BCUT2D eigenvalue weighted by Gasteiger charge is 2.15. The lowest BCUT2D eigenvalue weighted by molar-refractivity contribution is -0.117. The van der Waals surface area contributed by atoms with Crippen LogP contribution in [-0.2, 0) is 9.59 Å². The maximum atomic E-state index is 11.7. The predicted molar refractivity (Wildman–Crippen MR) is 60.7 cm³/mol. The summed E-state index contributed by atoms with van der Waals surface area (Å²) >= 11 is 0. The molecule has 5 heteroatoms. The smallest absolute Gasteiger partial charge is 0.298 e. The van der Waals surface area contributed by atoms with Crippen molar-refractivity contribution < 1.29 is 14.4 Å². The lowest BCUT2D eigenvalue weighted by Crippen LogP contribution is -2.20. The second kappa shape index (κ2) is 4.69. The van der Waals surface area contributed by atoms with E-state index >= 15 is 0 Å². The SMILES string of the molecule is O=CCCC(=O)C(=O)n1cc2cccnc2c1. The van der Waals surface area contributed by atoms with Crippen LogP contribution in [-0.4, -0.2) is 27.5 Å². The van der Waals surface area contributed by atoms with Crippen LogP contribution in [0.15, 0.2) is 30.7 Å². The number of fused-ring (bicyclic) bond motifs is 1. The molecule has 5 nitrogen and oxygen atoms in total. The van der Waals surface area contributed by atoms with Gasteiger partial charge in [0.05, 0.1) is 5.52 Å². The molecular formula is C12H10N2O3. The zero-order valence-corrected chi connectivity index (χ0v) is 9.00. The van der Waals surface area contributed by atoms with Gasteiger partial charge in [0.25, 0.3) is 5.91 Å². The van der Waals surface area contributed by atoms with Crippen molar-refractivity contribution >= 4 is 28.9 Å². The first-order chi connectivity index (χ1) is 8.22. The minimum absolute atomic E-state index is 0.0513.